The molecule has 0 amide bonds. The highest BCUT2D eigenvalue weighted by molar-refractivity contribution is 5.85. The molecule has 3 N–H and O–H groups in total. The van der Waals surface area contributed by atoms with E-state index in [-0.39, 0.29) is 23.4 Å². The number of hydrogen-bond acceptors (Lipinski definition) is 7. The van der Waals surface area contributed by atoms with Gasteiger partial charge in [0.2, 0.25) is 0 Å². The van der Waals surface area contributed by atoms with Crippen molar-refractivity contribution in [2.45, 2.75) is 12.7 Å². The average Bonchev–Trinajstić information content (AvgIpc) is 3.08. The summed E-state index contributed by atoms with van der Waals surface area (Å²) in [6.45, 7) is 5.15. The molecule has 3 aromatic rings. The number of rotatable bonds is 6. The first-order valence-corrected chi connectivity index (χ1v) is 10.1. The highest BCUT2D eigenvalue weighted by Gasteiger charge is 2.34. The summed E-state index contributed by atoms with van der Waals surface area (Å²) < 4.78 is 45.7. The summed E-state index contributed by atoms with van der Waals surface area (Å²) in [5, 5.41) is 0. The molecular weight excluding hydrogens is 427 g/mol. The van der Waals surface area contributed by atoms with Crippen LogP contribution in [0.4, 0.5) is 24.8 Å². The number of anilines is 2. The average molecular weight is 451 g/mol. The number of piperazine rings is 1. The number of nitrogen functional groups attached to an aromatic ring is 1. The van der Waals surface area contributed by atoms with Gasteiger partial charge in [0.15, 0.2) is 0 Å². The van der Waals surface area contributed by atoms with E-state index in [4.69, 9.17) is 10.5 Å². The fraction of sp³-hybridized carbons (Fsp3) is 0.450. The van der Waals surface area contributed by atoms with Crippen molar-refractivity contribution < 1.29 is 17.9 Å². The fourth-order valence-electron chi connectivity index (χ4n) is 3.78. The monoisotopic (exact) mass is 451 g/mol. The molecule has 1 saturated heterocycles. The maximum atomic E-state index is 13.1. The molecule has 32 heavy (non-hydrogen) atoms. The fourth-order valence-corrected chi connectivity index (χ4v) is 3.78. The van der Waals surface area contributed by atoms with Gasteiger partial charge < -0.3 is 20.4 Å². The van der Waals surface area contributed by atoms with Crippen LogP contribution in [0.5, 0.6) is 0 Å². The van der Waals surface area contributed by atoms with Crippen LogP contribution in [0.2, 0.25) is 0 Å². The third-order valence-electron chi connectivity index (χ3n) is 5.54. The lowest BCUT2D eigenvalue weighted by atomic mass is 10.2. The Morgan fingerprint density at radius 2 is 1.97 bits per heavy atom. The molecule has 1 aliphatic rings. The molecule has 0 aliphatic carbocycles. The van der Waals surface area contributed by atoms with Crippen LogP contribution in [-0.4, -0.2) is 70.9 Å². The van der Waals surface area contributed by atoms with Crippen LogP contribution in [0, 0.1) is 0 Å². The molecule has 0 bridgehead atoms. The van der Waals surface area contributed by atoms with E-state index in [0.717, 1.165) is 44.6 Å². The highest BCUT2D eigenvalue weighted by atomic mass is 19.4. The highest BCUT2D eigenvalue weighted by Crippen LogP contribution is 2.31. The SMILES string of the molecule is COCCN1CCN(c2ccc(Cn3c(=O)[nH]c4c(N)nc(C(F)(F)F)cc43)cn2)CC1. The predicted octanol–water partition coefficient (Wildman–Crippen LogP) is 1.54. The molecule has 172 valence electrons. The Balaban J connectivity index is 1.51. The van der Waals surface area contributed by atoms with Crippen LogP contribution in [0.3, 0.4) is 0 Å². The van der Waals surface area contributed by atoms with Gasteiger partial charge in [-0.2, -0.15) is 13.2 Å². The number of imidazole rings is 1. The Bertz CT molecular complexity index is 1130. The minimum Gasteiger partial charge on any atom is -0.383 e. The zero-order chi connectivity index (χ0) is 22.9. The summed E-state index contributed by atoms with van der Waals surface area (Å²) in [5.74, 6) is 0.447. The lowest BCUT2D eigenvalue weighted by molar-refractivity contribution is -0.141. The molecule has 9 nitrogen and oxygen atoms in total. The van der Waals surface area contributed by atoms with Crippen molar-refractivity contribution in [1.82, 2.24) is 24.4 Å². The predicted molar refractivity (Wildman–Crippen MR) is 114 cm³/mol. The van der Waals surface area contributed by atoms with E-state index < -0.39 is 17.6 Å². The first-order valence-electron chi connectivity index (χ1n) is 10.1. The molecule has 0 aromatic carbocycles. The normalized spacial score (nSPS) is 15.6. The van der Waals surface area contributed by atoms with Crippen LogP contribution in [-0.2, 0) is 17.5 Å². The Morgan fingerprint density at radius 1 is 1.22 bits per heavy atom. The number of aromatic nitrogens is 4. The van der Waals surface area contributed by atoms with Crippen molar-refractivity contribution in [2.75, 3.05) is 57.1 Å². The number of H-pyrrole nitrogens is 1. The number of nitrogens with one attached hydrogen (secondary N) is 1. The van der Waals surface area contributed by atoms with Crippen molar-refractivity contribution >= 4 is 22.7 Å². The van der Waals surface area contributed by atoms with Gasteiger partial charge in [0, 0.05) is 46.0 Å². The van der Waals surface area contributed by atoms with E-state index in [0.29, 0.717) is 12.2 Å². The maximum absolute atomic E-state index is 13.1. The first kappa shape index (κ1) is 22.1. The van der Waals surface area contributed by atoms with E-state index in [1.807, 2.05) is 12.1 Å². The third kappa shape index (κ3) is 4.55. The number of ether oxygens (including phenoxy) is 1. The molecule has 1 fully saturated rings. The lowest BCUT2D eigenvalue weighted by Gasteiger charge is -2.35. The zero-order valence-corrected chi connectivity index (χ0v) is 17.5. The Kier molecular flexibility index (Phi) is 6.07. The van der Waals surface area contributed by atoms with E-state index in [1.54, 1.807) is 13.3 Å². The number of nitrogens with zero attached hydrogens (tertiary/aromatic N) is 5. The molecule has 1 aliphatic heterocycles. The second-order valence-electron chi connectivity index (χ2n) is 7.65. The summed E-state index contributed by atoms with van der Waals surface area (Å²) in [4.78, 5) is 27.2. The minimum absolute atomic E-state index is 0.0473. The van der Waals surface area contributed by atoms with Crippen LogP contribution >= 0.6 is 0 Å². The van der Waals surface area contributed by atoms with Gasteiger partial charge in [-0.1, -0.05) is 6.07 Å². The topological polar surface area (TPSA) is 105 Å². The van der Waals surface area contributed by atoms with E-state index in [9.17, 15) is 18.0 Å². The van der Waals surface area contributed by atoms with Crippen molar-refractivity contribution in [3.8, 4) is 0 Å². The van der Waals surface area contributed by atoms with Gasteiger partial charge in [-0.25, -0.2) is 14.8 Å². The lowest BCUT2D eigenvalue weighted by Crippen LogP contribution is -2.47. The molecule has 12 heteroatoms. The summed E-state index contributed by atoms with van der Waals surface area (Å²) in [6, 6.07) is 4.51. The van der Waals surface area contributed by atoms with E-state index >= 15 is 0 Å². The van der Waals surface area contributed by atoms with E-state index in [1.165, 1.54) is 4.57 Å². The van der Waals surface area contributed by atoms with Gasteiger partial charge in [0.1, 0.15) is 22.8 Å². The van der Waals surface area contributed by atoms with Crippen LogP contribution in [0.1, 0.15) is 11.3 Å². The summed E-state index contributed by atoms with van der Waals surface area (Å²) in [7, 11) is 1.69. The first-order chi connectivity index (χ1) is 15.3. The smallest absolute Gasteiger partial charge is 0.383 e. The maximum Gasteiger partial charge on any atom is 0.433 e. The Labute approximate surface area is 181 Å². The second kappa shape index (κ2) is 8.79. The van der Waals surface area contributed by atoms with E-state index in [2.05, 4.69) is 24.8 Å². The number of halogens is 3. The molecule has 3 aromatic heterocycles. The molecule has 0 saturated carbocycles. The molecule has 0 spiro atoms. The number of aromatic amines is 1. The van der Waals surface area contributed by atoms with Gasteiger partial charge in [-0.05, 0) is 17.7 Å². The number of alkyl halides is 3. The number of hydrogen-bond donors (Lipinski definition) is 2. The molecule has 4 rings (SSSR count). The van der Waals surface area contributed by atoms with Gasteiger partial charge in [0.05, 0.1) is 18.7 Å². The standard InChI is InChI=1S/C20H24F3N7O2/c1-32-9-8-28-4-6-29(7-5-28)16-3-2-13(11-25-16)12-30-14-10-15(20(21,22)23)26-18(24)17(14)27-19(30)31/h2-3,10-11H,4-9,12H2,1H3,(H2,24,26)(H,27,31). The largest absolute Gasteiger partial charge is 0.433 e. The van der Waals surface area contributed by atoms with Gasteiger partial charge in [-0.3, -0.25) is 9.47 Å². The zero-order valence-electron chi connectivity index (χ0n) is 17.5. The number of nitrogens with two attached hydrogens (primary N) is 1. The van der Waals surface area contributed by atoms with Crippen LogP contribution < -0.4 is 16.3 Å². The number of fused-ring (bicyclic) bond motifs is 1. The Morgan fingerprint density at radius 3 is 2.59 bits per heavy atom. The molecule has 4 heterocycles. The van der Waals surface area contributed by atoms with Crippen molar-refractivity contribution in [3.63, 3.8) is 0 Å². The van der Waals surface area contributed by atoms with Crippen molar-refractivity contribution in [2.24, 2.45) is 0 Å². The van der Waals surface area contributed by atoms with Gasteiger partial charge in [0.25, 0.3) is 0 Å². The minimum atomic E-state index is -4.67. The summed E-state index contributed by atoms with van der Waals surface area (Å²) >= 11 is 0. The van der Waals surface area contributed by atoms with Gasteiger partial charge in [-0.15, -0.1) is 0 Å². The molecule has 0 atom stereocenters. The number of pyridine rings is 2. The summed E-state index contributed by atoms with van der Waals surface area (Å²) in [6.07, 6.45) is -3.04. The van der Waals surface area contributed by atoms with Crippen molar-refractivity contribution in [1.29, 1.82) is 0 Å². The second-order valence-corrected chi connectivity index (χ2v) is 7.65. The quantitative estimate of drug-likeness (QED) is 0.586. The third-order valence-corrected chi connectivity index (χ3v) is 5.54. The Hall–Kier alpha value is -3.12. The van der Waals surface area contributed by atoms with Crippen LogP contribution in [0.25, 0.3) is 11.0 Å². The molecule has 0 unspecified atom stereocenters. The van der Waals surface area contributed by atoms with Gasteiger partial charge >= 0.3 is 11.9 Å². The summed E-state index contributed by atoms with van der Waals surface area (Å²) in [5.41, 5.74) is 4.74. The molecular formula is C20H24F3N7O2. The molecule has 0 radical (unpaired) electrons. The van der Waals surface area contributed by atoms with Crippen molar-refractivity contribution in [3.05, 3.63) is 46.1 Å². The number of methoxy groups -OCH3 is 1. The van der Waals surface area contributed by atoms with Crippen LogP contribution in [0.15, 0.2) is 29.2 Å².